The lowest BCUT2D eigenvalue weighted by molar-refractivity contribution is -0.123. The van der Waals surface area contributed by atoms with Gasteiger partial charge in [0.05, 0.1) is 6.42 Å². The molecule has 0 spiro atoms. The average Bonchev–Trinajstić information content (AvgIpc) is 3.03. The number of carbonyl (C=O) groups excluding carboxylic acids is 2. The summed E-state index contributed by atoms with van der Waals surface area (Å²) in [5.74, 6) is 0.323. The van der Waals surface area contributed by atoms with E-state index in [2.05, 4.69) is 34.6 Å². The molecular weight excluding hydrogens is 282 g/mol. The quantitative estimate of drug-likeness (QED) is 0.902. The minimum atomic E-state index is -0.646. The number of hydrogen-bond acceptors (Lipinski definition) is 4. The molecule has 7 nitrogen and oxygen atoms in total. The highest BCUT2D eigenvalue weighted by Crippen LogP contribution is 2.24. The van der Waals surface area contributed by atoms with E-state index in [0.717, 1.165) is 0 Å². The monoisotopic (exact) mass is 299 g/mol. The second kappa shape index (κ2) is 5.59. The number of rotatable bonds is 4. The molecule has 1 aliphatic rings. The summed E-state index contributed by atoms with van der Waals surface area (Å²) in [7, 11) is 0. The van der Waals surface area contributed by atoms with Crippen LogP contribution in [0.2, 0.25) is 0 Å². The molecular formula is C15H17N5O2. The molecule has 1 unspecified atom stereocenters. The predicted octanol–water partition coefficient (Wildman–Crippen LogP) is 1.92. The maximum atomic E-state index is 12.1. The number of fused-ring (bicyclic) bond motifs is 1. The van der Waals surface area contributed by atoms with Crippen molar-refractivity contribution in [3.05, 3.63) is 36.2 Å². The van der Waals surface area contributed by atoms with Crippen LogP contribution in [-0.4, -0.2) is 26.6 Å². The first kappa shape index (κ1) is 14.2. The molecule has 0 saturated heterocycles. The largest absolute Gasteiger partial charge is 0.326 e. The summed E-state index contributed by atoms with van der Waals surface area (Å²) in [6.07, 6.45) is 1.37. The molecule has 2 heterocycles. The van der Waals surface area contributed by atoms with Crippen LogP contribution < -0.4 is 10.6 Å². The van der Waals surface area contributed by atoms with Crippen LogP contribution in [0, 0.1) is 0 Å². The Hall–Kier alpha value is -2.70. The van der Waals surface area contributed by atoms with Crippen molar-refractivity contribution >= 4 is 23.5 Å². The van der Waals surface area contributed by atoms with Crippen LogP contribution >= 0.6 is 0 Å². The molecule has 1 aromatic carbocycles. The van der Waals surface area contributed by atoms with Crippen molar-refractivity contribution < 1.29 is 9.59 Å². The van der Waals surface area contributed by atoms with Crippen molar-refractivity contribution in [1.29, 1.82) is 0 Å². The van der Waals surface area contributed by atoms with Crippen molar-refractivity contribution in [2.75, 3.05) is 10.6 Å². The minimum Gasteiger partial charge on any atom is -0.326 e. The molecule has 0 aliphatic carbocycles. The fraction of sp³-hybridized carbons (Fsp3) is 0.333. The van der Waals surface area contributed by atoms with Gasteiger partial charge in [0.15, 0.2) is 0 Å². The number of carbonyl (C=O) groups is 2. The van der Waals surface area contributed by atoms with Gasteiger partial charge in [0, 0.05) is 5.69 Å². The number of anilines is 2. The highest BCUT2D eigenvalue weighted by molar-refractivity contribution is 6.00. The average molecular weight is 299 g/mol. The zero-order valence-corrected chi connectivity index (χ0v) is 12.4. The van der Waals surface area contributed by atoms with E-state index in [-0.39, 0.29) is 18.2 Å². The summed E-state index contributed by atoms with van der Waals surface area (Å²) in [6.45, 7) is 4.23. The molecule has 2 aromatic rings. The van der Waals surface area contributed by atoms with Crippen molar-refractivity contribution in [1.82, 2.24) is 14.8 Å². The van der Waals surface area contributed by atoms with Gasteiger partial charge in [0.2, 0.25) is 11.9 Å². The van der Waals surface area contributed by atoms with Gasteiger partial charge in [-0.1, -0.05) is 26.0 Å². The van der Waals surface area contributed by atoms with Crippen molar-refractivity contribution in [2.45, 2.75) is 32.2 Å². The van der Waals surface area contributed by atoms with E-state index in [1.165, 1.54) is 16.6 Å². The number of benzene rings is 1. The zero-order chi connectivity index (χ0) is 15.7. The third kappa shape index (κ3) is 2.69. The molecule has 22 heavy (non-hydrogen) atoms. The van der Waals surface area contributed by atoms with Gasteiger partial charge < -0.3 is 5.32 Å². The van der Waals surface area contributed by atoms with E-state index < -0.39 is 6.04 Å². The van der Waals surface area contributed by atoms with E-state index >= 15 is 0 Å². The zero-order valence-electron chi connectivity index (χ0n) is 12.4. The summed E-state index contributed by atoms with van der Waals surface area (Å²) in [4.78, 5) is 27.8. The van der Waals surface area contributed by atoms with Crippen LogP contribution in [0.15, 0.2) is 30.6 Å². The van der Waals surface area contributed by atoms with Crippen LogP contribution in [0.3, 0.4) is 0 Å². The van der Waals surface area contributed by atoms with Gasteiger partial charge in [-0.25, -0.2) is 4.68 Å². The molecule has 1 atom stereocenters. The van der Waals surface area contributed by atoms with E-state index in [4.69, 9.17) is 0 Å². The van der Waals surface area contributed by atoms with Crippen LogP contribution in [0.4, 0.5) is 11.6 Å². The second-order valence-electron chi connectivity index (χ2n) is 5.56. The number of hydrogen-bond donors (Lipinski definition) is 2. The predicted molar refractivity (Wildman–Crippen MR) is 81.5 cm³/mol. The van der Waals surface area contributed by atoms with Crippen LogP contribution in [0.25, 0.3) is 0 Å². The third-order valence-corrected chi connectivity index (χ3v) is 3.65. The van der Waals surface area contributed by atoms with E-state index in [1.807, 2.05) is 24.3 Å². The van der Waals surface area contributed by atoms with Crippen molar-refractivity contribution in [3.63, 3.8) is 0 Å². The van der Waals surface area contributed by atoms with Crippen molar-refractivity contribution in [2.24, 2.45) is 0 Å². The Morgan fingerprint density at radius 1 is 1.36 bits per heavy atom. The lowest BCUT2D eigenvalue weighted by atomic mass is 10.0. The molecule has 114 valence electrons. The van der Waals surface area contributed by atoms with Crippen LogP contribution in [0.5, 0.6) is 0 Å². The summed E-state index contributed by atoms with van der Waals surface area (Å²) < 4.78 is 1.43. The molecule has 2 amide bonds. The minimum absolute atomic E-state index is 0.0219. The van der Waals surface area contributed by atoms with E-state index in [0.29, 0.717) is 17.6 Å². The second-order valence-corrected chi connectivity index (χ2v) is 5.56. The van der Waals surface area contributed by atoms with Gasteiger partial charge in [0.25, 0.3) is 5.91 Å². The van der Waals surface area contributed by atoms with E-state index in [1.54, 1.807) is 0 Å². The molecule has 7 heteroatoms. The number of amides is 2. The van der Waals surface area contributed by atoms with Gasteiger partial charge in [-0.2, -0.15) is 10.1 Å². The van der Waals surface area contributed by atoms with Gasteiger partial charge in [-0.15, -0.1) is 0 Å². The maximum absolute atomic E-state index is 12.1. The highest BCUT2D eigenvalue weighted by Gasteiger charge is 2.33. The Balaban J connectivity index is 1.64. The lowest BCUT2D eigenvalue weighted by Crippen LogP contribution is -2.23. The SMILES string of the molecule is CC(C)c1ccc(NC(=O)CC2C(=O)Nc3ncnn32)cc1. The van der Waals surface area contributed by atoms with Gasteiger partial charge >= 0.3 is 0 Å². The Morgan fingerprint density at radius 2 is 2.09 bits per heavy atom. The first-order valence-electron chi connectivity index (χ1n) is 7.15. The Labute approximate surface area is 127 Å². The molecule has 0 bridgehead atoms. The topological polar surface area (TPSA) is 88.9 Å². The highest BCUT2D eigenvalue weighted by atomic mass is 16.2. The third-order valence-electron chi connectivity index (χ3n) is 3.65. The standard InChI is InChI=1S/C15H17N5O2/c1-9(2)10-3-5-11(6-4-10)18-13(21)7-12-14(22)19-15-16-8-17-20(12)15/h3-6,8-9,12H,7H2,1-2H3,(H,18,21)(H,16,17,19,22). The first-order valence-corrected chi connectivity index (χ1v) is 7.15. The molecule has 1 aromatic heterocycles. The fourth-order valence-electron chi connectivity index (χ4n) is 2.39. The van der Waals surface area contributed by atoms with E-state index in [9.17, 15) is 9.59 Å². The summed E-state index contributed by atoms with van der Waals surface area (Å²) in [5, 5.41) is 9.35. The Bertz CT molecular complexity index is 705. The lowest BCUT2D eigenvalue weighted by Gasteiger charge is -2.11. The summed E-state index contributed by atoms with van der Waals surface area (Å²) >= 11 is 0. The molecule has 0 saturated carbocycles. The Kier molecular flexibility index (Phi) is 3.62. The Morgan fingerprint density at radius 3 is 2.77 bits per heavy atom. The summed E-state index contributed by atoms with van der Waals surface area (Å²) in [6, 6.07) is 7.05. The number of aromatic nitrogens is 3. The normalized spacial score (nSPS) is 16.5. The number of nitrogens with zero attached hydrogens (tertiary/aromatic N) is 3. The molecule has 3 rings (SSSR count). The molecule has 0 fully saturated rings. The van der Waals surface area contributed by atoms with Crippen molar-refractivity contribution in [3.8, 4) is 0 Å². The van der Waals surface area contributed by atoms with Crippen LogP contribution in [0.1, 0.15) is 37.8 Å². The van der Waals surface area contributed by atoms with Gasteiger partial charge in [-0.3, -0.25) is 14.9 Å². The molecule has 1 aliphatic heterocycles. The summed E-state index contributed by atoms with van der Waals surface area (Å²) in [5.41, 5.74) is 1.92. The smallest absolute Gasteiger partial charge is 0.252 e. The van der Waals surface area contributed by atoms with Gasteiger partial charge in [-0.05, 0) is 23.6 Å². The molecule has 0 radical (unpaired) electrons. The maximum Gasteiger partial charge on any atom is 0.252 e. The fourth-order valence-corrected chi connectivity index (χ4v) is 2.39. The molecule has 2 N–H and O–H groups in total. The number of nitrogens with one attached hydrogen (secondary N) is 2. The van der Waals surface area contributed by atoms with Gasteiger partial charge in [0.1, 0.15) is 12.4 Å². The first-order chi connectivity index (χ1) is 10.5. The van der Waals surface area contributed by atoms with Crippen LogP contribution in [-0.2, 0) is 9.59 Å².